The van der Waals surface area contributed by atoms with Crippen LogP contribution in [0.15, 0.2) is 29.6 Å². The monoisotopic (exact) mass is 294 g/mol. The van der Waals surface area contributed by atoms with Gasteiger partial charge in [-0.25, -0.2) is 4.98 Å². The van der Waals surface area contributed by atoms with Crippen molar-refractivity contribution >= 4 is 22.9 Å². The second kappa shape index (κ2) is 5.61. The minimum atomic E-state index is 0.0507. The number of rotatable bonds is 3. The lowest BCUT2D eigenvalue weighted by Crippen LogP contribution is -2.19. The molecule has 2 aromatic rings. The first-order valence-electron chi connectivity index (χ1n) is 6.31. The zero-order valence-electron chi connectivity index (χ0n) is 11.7. The molecule has 1 atom stereocenters. The second-order valence-corrected chi connectivity index (χ2v) is 6.86. The molecule has 0 aliphatic heterocycles. The van der Waals surface area contributed by atoms with Gasteiger partial charge in [-0.3, -0.25) is 0 Å². The predicted octanol–water partition coefficient (Wildman–Crippen LogP) is 4.40. The molecule has 0 bridgehead atoms. The lowest BCUT2D eigenvalue weighted by atomic mass is 9.93. The molecule has 19 heavy (non-hydrogen) atoms. The Hall–Kier alpha value is -0.900. The summed E-state index contributed by atoms with van der Waals surface area (Å²) in [5, 5.41) is 7.27. The van der Waals surface area contributed by atoms with Crippen molar-refractivity contribution in [2.24, 2.45) is 0 Å². The fraction of sp³-hybridized carbons (Fsp3) is 0.400. The lowest BCUT2D eigenvalue weighted by molar-refractivity contribution is 0.566. The normalized spacial score (nSPS) is 13.5. The molecule has 0 aliphatic carbocycles. The van der Waals surface area contributed by atoms with E-state index in [2.05, 4.69) is 31.5 Å². The van der Waals surface area contributed by atoms with Gasteiger partial charge in [-0.05, 0) is 18.7 Å². The van der Waals surface area contributed by atoms with E-state index in [1.807, 2.05) is 31.3 Å². The molecule has 0 radical (unpaired) electrons. The van der Waals surface area contributed by atoms with E-state index in [4.69, 9.17) is 16.6 Å². The van der Waals surface area contributed by atoms with E-state index in [-0.39, 0.29) is 11.5 Å². The quantitative estimate of drug-likeness (QED) is 0.907. The number of nitrogens with one attached hydrogen (secondary N) is 1. The van der Waals surface area contributed by atoms with Gasteiger partial charge in [0, 0.05) is 15.8 Å². The van der Waals surface area contributed by atoms with E-state index >= 15 is 0 Å². The van der Waals surface area contributed by atoms with Gasteiger partial charge in [0.25, 0.3) is 0 Å². The van der Waals surface area contributed by atoms with Crippen molar-refractivity contribution in [3.63, 3.8) is 0 Å². The minimum Gasteiger partial charge on any atom is -0.307 e. The van der Waals surface area contributed by atoms with Crippen LogP contribution < -0.4 is 5.32 Å². The number of aromatic nitrogens is 1. The summed E-state index contributed by atoms with van der Waals surface area (Å²) >= 11 is 7.96. The SMILES string of the molecule is CNC(c1nc(C(C)(C)C)cs1)c1ccccc1Cl. The standard InChI is InChI=1S/C15H19ClN2S/c1-15(2,3)12-9-19-14(18-12)13(17-4)10-7-5-6-8-11(10)16/h5-9,13,17H,1-4H3. The molecule has 1 N–H and O–H groups in total. The van der Waals surface area contributed by atoms with Crippen LogP contribution in [-0.2, 0) is 5.41 Å². The molecule has 1 aromatic carbocycles. The summed E-state index contributed by atoms with van der Waals surface area (Å²) in [5.74, 6) is 0. The van der Waals surface area contributed by atoms with Crippen molar-refractivity contribution < 1.29 is 0 Å². The smallest absolute Gasteiger partial charge is 0.114 e. The van der Waals surface area contributed by atoms with Crippen LogP contribution in [0.1, 0.15) is 43.1 Å². The van der Waals surface area contributed by atoms with E-state index in [0.717, 1.165) is 21.3 Å². The molecule has 2 rings (SSSR count). The predicted molar refractivity (Wildman–Crippen MR) is 83.2 cm³/mol. The third-order valence-electron chi connectivity index (χ3n) is 3.04. The summed E-state index contributed by atoms with van der Waals surface area (Å²) < 4.78 is 0. The summed E-state index contributed by atoms with van der Waals surface area (Å²) in [6.07, 6.45) is 0. The van der Waals surface area contributed by atoms with E-state index in [0.29, 0.717) is 0 Å². The largest absolute Gasteiger partial charge is 0.307 e. The Labute approximate surface area is 123 Å². The van der Waals surface area contributed by atoms with Crippen LogP contribution in [-0.4, -0.2) is 12.0 Å². The highest BCUT2D eigenvalue weighted by atomic mass is 35.5. The number of nitrogens with zero attached hydrogens (tertiary/aromatic N) is 1. The molecule has 1 unspecified atom stereocenters. The molecule has 0 saturated heterocycles. The summed E-state index contributed by atoms with van der Waals surface area (Å²) in [4.78, 5) is 4.77. The lowest BCUT2D eigenvalue weighted by Gasteiger charge is -2.17. The van der Waals surface area contributed by atoms with Crippen molar-refractivity contribution in [2.45, 2.75) is 32.2 Å². The highest BCUT2D eigenvalue weighted by molar-refractivity contribution is 7.09. The van der Waals surface area contributed by atoms with E-state index in [1.54, 1.807) is 11.3 Å². The zero-order chi connectivity index (χ0) is 14.0. The van der Waals surface area contributed by atoms with Crippen LogP contribution in [0.25, 0.3) is 0 Å². The minimum absolute atomic E-state index is 0.0507. The third kappa shape index (κ3) is 3.16. The van der Waals surface area contributed by atoms with Crippen LogP contribution >= 0.6 is 22.9 Å². The molecule has 0 amide bonds. The fourth-order valence-electron chi connectivity index (χ4n) is 1.89. The molecule has 0 spiro atoms. The average molecular weight is 295 g/mol. The summed E-state index contributed by atoms with van der Waals surface area (Å²) in [5.41, 5.74) is 2.27. The van der Waals surface area contributed by atoms with Gasteiger partial charge in [-0.1, -0.05) is 50.6 Å². The summed E-state index contributed by atoms with van der Waals surface area (Å²) in [6, 6.07) is 7.96. The highest BCUT2D eigenvalue weighted by Crippen LogP contribution is 2.32. The first-order valence-corrected chi connectivity index (χ1v) is 7.57. The Balaban J connectivity index is 2.38. The topological polar surface area (TPSA) is 24.9 Å². The van der Waals surface area contributed by atoms with Gasteiger partial charge in [0.15, 0.2) is 0 Å². The second-order valence-electron chi connectivity index (χ2n) is 5.56. The molecule has 4 heteroatoms. The zero-order valence-corrected chi connectivity index (χ0v) is 13.3. The van der Waals surface area contributed by atoms with Crippen molar-refractivity contribution in [3.05, 3.63) is 50.9 Å². The Morgan fingerprint density at radius 1 is 1.26 bits per heavy atom. The van der Waals surface area contributed by atoms with Crippen LogP contribution in [0.3, 0.4) is 0 Å². The van der Waals surface area contributed by atoms with Gasteiger partial charge < -0.3 is 5.32 Å². The van der Waals surface area contributed by atoms with Crippen LogP contribution in [0, 0.1) is 0 Å². The van der Waals surface area contributed by atoms with E-state index in [9.17, 15) is 0 Å². The Bertz CT molecular complexity index is 557. The summed E-state index contributed by atoms with van der Waals surface area (Å²) in [7, 11) is 1.94. The Morgan fingerprint density at radius 2 is 1.95 bits per heavy atom. The van der Waals surface area contributed by atoms with Gasteiger partial charge in [-0.2, -0.15) is 0 Å². The molecular formula is C15H19ClN2S. The van der Waals surface area contributed by atoms with Crippen molar-refractivity contribution in [3.8, 4) is 0 Å². The molecule has 102 valence electrons. The average Bonchev–Trinajstić information content (AvgIpc) is 2.82. The third-order valence-corrected chi connectivity index (χ3v) is 4.30. The van der Waals surface area contributed by atoms with Gasteiger partial charge in [0.2, 0.25) is 0 Å². The van der Waals surface area contributed by atoms with E-state index in [1.165, 1.54) is 0 Å². The summed E-state index contributed by atoms with van der Waals surface area (Å²) in [6.45, 7) is 6.53. The van der Waals surface area contributed by atoms with Gasteiger partial charge in [0.05, 0.1) is 11.7 Å². The Morgan fingerprint density at radius 3 is 2.47 bits per heavy atom. The maximum absolute atomic E-state index is 6.28. The van der Waals surface area contributed by atoms with Crippen LogP contribution in [0.2, 0.25) is 5.02 Å². The molecule has 0 aliphatic rings. The molecule has 1 heterocycles. The number of benzene rings is 1. The first-order chi connectivity index (χ1) is 8.93. The fourth-order valence-corrected chi connectivity index (χ4v) is 3.30. The number of halogens is 1. The van der Waals surface area contributed by atoms with E-state index < -0.39 is 0 Å². The van der Waals surface area contributed by atoms with Crippen molar-refractivity contribution in [1.29, 1.82) is 0 Å². The van der Waals surface area contributed by atoms with Crippen molar-refractivity contribution in [1.82, 2.24) is 10.3 Å². The molecule has 2 nitrogen and oxygen atoms in total. The number of thiazole rings is 1. The highest BCUT2D eigenvalue weighted by Gasteiger charge is 2.22. The molecule has 0 saturated carbocycles. The maximum atomic E-state index is 6.28. The number of hydrogen-bond acceptors (Lipinski definition) is 3. The number of hydrogen-bond donors (Lipinski definition) is 1. The Kier molecular flexibility index (Phi) is 4.29. The van der Waals surface area contributed by atoms with Crippen molar-refractivity contribution in [2.75, 3.05) is 7.05 Å². The first kappa shape index (κ1) is 14.5. The molecule has 1 aromatic heterocycles. The van der Waals surface area contributed by atoms with Gasteiger partial charge >= 0.3 is 0 Å². The molecule has 0 fully saturated rings. The van der Waals surface area contributed by atoms with Gasteiger partial charge in [0.1, 0.15) is 5.01 Å². The maximum Gasteiger partial charge on any atom is 0.114 e. The molecular weight excluding hydrogens is 276 g/mol. The van der Waals surface area contributed by atoms with Gasteiger partial charge in [-0.15, -0.1) is 11.3 Å². The van der Waals surface area contributed by atoms with Crippen LogP contribution in [0.4, 0.5) is 0 Å². The van der Waals surface area contributed by atoms with Crippen LogP contribution in [0.5, 0.6) is 0 Å².